The molecule has 0 atom stereocenters. The molecule has 24 heavy (non-hydrogen) atoms. The van der Waals surface area contributed by atoms with Crippen LogP contribution in [0.4, 0.5) is 18.9 Å². The van der Waals surface area contributed by atoms with Crippen LogP contribution < -0.4 is 4.72 Å². The van der Waals surface area contributed by atoms with Gasteiger partial charge in [0.05, 0.1) is 17.7 Å². The summed E-state index contributed by atoms with van der Waals surface area (Å²) in [6, 6.07) is 4.53. The first-order chi connectivity index (χ1) is 11.0. The predicted octanol–water partition coefficient (Wildman–Crippen LogP) is 3.54. The van der Waals surface area contributed by atoms with E-state index in [-0.39, 0.29) is 11.4 Å². The van der Waals surface area contributed by atoms with E-state index in [2.05, 4.69) is 4.74 Å². The molecule has 0 aliphatic carbocycles. The number of furan rings is 1. The maximum absolute atomic E-state index is 12.8. The minimum Gasteiger partial charge on any atom is -0.463 e. The Bertz CT molecular complexity index is 876. The van der Waals surface area contributed by atoms with Crippen molar-refractivity contribution in [2.75, 3.05) is 11.8 Å². The molecule has 1 N–H and O–H groups in total. The van der Waals surface area contributed by atoms with Crippen molar-refractivity contribution < 1.29 is 35.5 Å². The molecule has 0 amide bonds. The van der Waals surface area contributed by atoms with Crippen LogP contribution in [0.2, 0.25) is 5.02 Å². The summed E-state index contributed by atoms with van der Waals surface area (Å²) in [4.78, 5) is 11.2. The van der Waals surface area contributed by atoms with Crippen molar-refractivity contribution in [3.05, 3.63) is 46.7 Å². The lowest BCUT2D eigenvalue weighted by Crippen LogP contribution is -2.14. The van der Waals surface area contributed by atoms with Gasteiger partial charge in [-0.05, 0) is 30.3 Å². The summed E-state index contributed by atoms with van der Waals surface area (Å²) in [7, 11) is -3.27. The molecule has 2 rings (SSSR count). The standard InChI is InChI=1S/C13H9ClF3NO5S/c1-22-12(19)10-4-5-11(23-10)24(20,21)18-7-2-3-9(14)8(6-7)13(15,16)17/h2-6,18H,1H3. The quantitative estimate of drug-likeness (QED) is 0.816. The van der Waals surface area contributed by atoms with Crippen molar-refractivity contribution in [1.82, 2.24) is 0 Å². The van der Waals surface area contributed by atoms with Crippen molar-refractivity contribution in [2.24, 2.45) is 0 Å². The zero-order valence-corrected chi connectivity index (χ0v) is 13.4. The second kappa shape index (κ2) is 6.36. The van der Waals surface area contributed by atoms with Crippen LogP contribution >= 0.6 is 11.6 Å². The molecule has 1 aromatic carbocycles. The minimum atomic E-state index is -4.75. The van der Waals surface area contributed by atoms with Gasteiger partial charge < -0.3 is 9.15 Å². The molecule has 0 radical (unpaired) electrons. The van der Waals surface area contributed by atoms with Gasteiger partial charge in [0.15, 0.2) is 0 Å². The minimum absolute atomic E-state index is 0.370. The highest BCUT2D eigenvalue weighted by atomic mass is 35.5. The first kappa shape index (κ1) is 18.1. The number of halogens is 4. The topological polar surface area (TPSA) is 85.6 Å². The SMILES string of the molecule is COC(=O)c1ccc(S(=O)(=O)Nc2ccc(Cl)c(C(F)(F)F)c2)o1. The number of carbonyl (C=O) groups excluding carboxylic acids is 1. The molecular weight excluding hydrogens is 375 g/mol. The van der Waals surface area contributed by atoms with Crippen molar-refractivity contribution in [3.8, 4) is 0 Å². The van der Waals surface area contributed by atoms with E-state index in [0.29, 0.717) is 6.07 Å². The number of sulfonamides is 1. The van der Waals surface area contributed by atoms with Crippen LogP contribution in [-0.2, 0) is 20.9 Å². The summed E-state index contributed by atoms with van der Waals surface area (Å²) < 4.78 is 73.6. The normalized spacial score (nSPS) is 12.0. The fourth-order valence-corrected chi connectivity index (χ4v) is 2.90. The van der Waals surface area contributed by atoms with Crippen LogP contribution in [-0.4, -0.2) is 21.5 Å². The number of esters is 1. The third-order valence-electron chi connectivity index (χ3n) is 2.76. The number of hydrogen-bond donors (Lipinski definition) is 1. The smallest absolute Gasteiger partial charge is 0.417 e. The Morgan fingerprint density at radius 2 is 1.92 bits per heavy atom. The van der Waals surface area contributed by atoms with Gasteiger partial charge in [-0.2, -0.15) is 21.6 Å². The lowest BCUT2D eigenvalue weighted by Gasteiger charge is -2.12. The van der Waals surface area contributed by atoms with Gasteiger partial charge in [-0.1, -0.05) is 11.6 Å². The number of hydrogen-bond acceptors (Lipinski definition) is 5. The first-order valence-electron chi connectivity index (χ1n) is 6.12. The average molecular weight is 384 g/mol. The molecule has 11 heteroatoms. The largest absolute Gasteiger partial charge is 0.463 e. The summed E-state index contributed by atoms with van der Waals surface area (Å²) in [5.74, 6) is -1.27. The highest BCUT2D eigenvalue weighted by Crippen LogP contribution is 2.36. The number of nitrogens with one attached hydrogen (secondary N) is 1. The van der Waals surface area contributed by atoms with Gasteiger partial charge in [0, 0.05) is 5.69 Å². The number of benzene rings is 1. The Morgan fingerprint density at radius 1 is 1.25 bits per heavy atom. The van der Waals surface area contributed by atoms with E-state index in [1.807, 2.05) is 4.72 Å². The molecule has 0 unspecified atom stereocenters. The number of carbonyl (C=O) groups is 1. The molecule has 0 aliphatic rings. The molecule has 6 nitrogen and oxygen atoms in total. The third-order valence-corrected chi connectivity index (χ3v) is 4.34. The highest BCUT2D eigenvalue weighted by molar-refractivity contribution is 7.92. The molecule has 0 spiro atoms. The van der Waals surface area contributed by atoms with Crippen LogP contribution in [0.3, 0.4) is 0 Å². The van der Waals surface area contributed by atoms with E-state index in [9.17, 15) is 26.4 Å². The van der Waals surface area contributed by atoms with Gasteiger partial charge in [-0.15, -0.1) is 0 Å². The Kier molecular flexibility index (Phi) is 4.81. The van der Waals surface area contributed by atoms with E-state index in [0.717, 1.165) is 31.4 Å². The first-order valence-corrected chi connectivity index (χ1v) is 7.98. The fourth-order valence-electron chi connectivity index (χ4n) is 1.69. The number of anilines is 1. The van der Waals surface area contributed by atoms with Crippen molar-refractivity contribution >= 4 is 33.3 Å². The van der Waals surface area contributed by atoms with E-state index >= 15 is 0 Å². The van der Waals surface area contributed by atoms with E-state index < -0.39 is 37.8 Å². The lowest BCUT2D eigenvalue weighted by atomic mass is 10.2. The van der Waals surface area contributed by atoms with Gasteiger partial charge in [0.25, 0.3) is 10.0 Å². The summed E-state index contributed by atoms with van der Waals surface area (Å²) in [6.07, 6.45) is -4.75. The van der Waals surface area contributed by atoms with Crippen LogP contribution in [0.25, 0.3) is 0 Å². The fraction of sp³-hybridized carbons (Fsp3) is 0.154. The van der Waals surface area contributed by atoms with Crippen molar-refractivity contribution in [2.45, 2.75) is 11.3 Å². The number of alkyl halides is 3. The maximum Gasteiger partial charge on any atom is 0.417 e. The maximum atomic E-state index is 12.8. The summed E-state index contributed by atoms with van der Waals surface area (Å²) in [5, 5.41) is -1.23. The molecule has 0 fully saturated rings. The van der Waals surface area contributed by atoms with E-state index in [1.54, 1.807) is 0 Å². The Hall–Kier alpha value is -2.20. The molecule has 0 saturated carbocycles. The molecule has 1 aromatic heterocycles. The van der Waals surface area contributed by atoms with E-state index in [1.165, 1.54) is 0 Å². The van der Waals surface area contributed by atoms with Crippen molar-refractivity contribution in [1.29, 1.82) is 0 Å². The average Bonchev–Trinajstić information content (AvgIpc) is 2.98. The summed E-state index contributed by atoms with van der Waals surface area (Å²) in [5.41, 5.74) is -1.57. The second-order valence-electron chi connectivity index (χ2n) is 4.41. The number of rotatable bonds is 4. The van der Waals surface area contributed by atoms with Gasteiger partial charge in [-0.25, -0.2) is 4.79 Å². The number of ether oxygens (including phenoxy) is 1. The van der Waals surface area contributed by atoms with Gasteiger partial charge in [0.1, 0.15) is 0 Å². The molecule has 0 aliphatic heterocycles. The monoisotopic (exact) mass is 383 g/mol. The van der Waals surface area contributed by atoms with Crippen LogP contribution in [0.1, 0.15) is 16.1 Å². The number of methoxy groups -OCH3 is 1. The van der Waals surface area contributed by atoms with Crippen molar-refractivity contribution in [3.63, 3.8) is 0 Å². The Morgan fingerprint density at radius 3 is 2.50 bits per heavy atom. The van der Waals surface area contributed by atoms with E-state index in [4.69, 9.17) is 16.0 Å². The molecule has 0 saturated heterocycles. The molecular formula is C13H9ClF3NO5S. The second-order valence-corrected chi connectivity index (χ2v) is 6.43. The van der Waals surface area contributed by atoms with Crippen LogP contribution in [0, 0.1) is 0 Å². The molecule has 2 aromatic rings. The van der Waals surface area contributed by atoms with Crippen LogP contribution in [0.15, 0.2) is 39.8 Å². The highest BCUT2D eigenvalue weighted by Gasteiger charge is 2.34. The molecule has 0 bridgehead atoms. The van der Waals surface area contributed by atoms with Gasteiger partial charge >= 0.3 is 12.1 Å². The van der Waals surface area contributed by atoms with Crippen LogP contribution in [0.5, 0.6) is 0 Å². The van der Waals surface area contributed by atoms with Gasteiger partial charge in [0.2, 0.25) is 10.9 Å². The summed E-state index contributed by atoms with van der Waals surface area (Å²) >= 11 is 5.46. The Balaban J connectivity index is 2.33. The van der Waals surface area contributed by atoms with Gasteiger partial charge in [-0.3, -0.25) is 4.72 Å². The zero-order chi connectivity index (χ0) is 18.1. The third kappa shape index (κ3) is 3.82. The summed E-state index contributed by atoms with van der Waals surface area (Å²) in [6.45, 7) is 0. The molecule has 1 heterocycles. The predicted molar refractivity (Wildman–Crippen MR) is 77.3 cm³/mol. The Labute approximate surface area is 139 Å². The lowest BCUT2D eigenvalue weighted by molar-refractivity contribution is -0.137. The zero-order valence-electron chi connectivity index (χ0n) is 11.8. The molecule has 130 valence electrons.